The molecule has 1 aliphatic rings. The first-order chi connectivity index (χ1) is 13.3. The predicted molar refractivity (Wildman–Crippen MR) is 110 cm³/mol. The molecule has 0 saturated carbocycles. The highest BCUT2D eigenvalue weighted by molar-refractivity contribution is 5.57. The lowest BCUT2D eigenvalue weighted by molar-refractivity contribution is -0.126. The van der Waals surface area contributed by atoms with Crippen molar-refractivity contribution >= 4 is 12.6 Å². The lowest BCUT2D eigenvalue weighted by Gasteiger charge is -2.29. The maximum atomic E-state index is 10.9. The van der Waals surface area contributed by atoms with Crippen molar-refractivity contribution in [1.82, 2.24) is 0 Å². The molecule has 158 valence electrons. The molecule has 0 radical (unpaired) electrons. The standard InChI is InChI=1S/C23H42O4/c1-2-3-4-5-6-7-8-9-10-11-12-13-14-15-20-27-23(16-18-24,17-19-25)22-21-26-22/h18-19,22H,2-17,20-21H2,1H3. The van der Waals surface area contributed by atoms with Crippen LogP contribution in [0.25, 0.3) is 0 Å². The highest BCUT2D eigenvalue weighted by Gasteiger charge is 2.47. The number of hydrogen-bond acceptors (Lipinski definition) is 4. The van der Waals surface area contributed by atoms with Crippen LogP contribution in [0.2, 0.25) is 0 Å². The van der Waals surface area contributed by atoms with Gasteiger partial charge in [-0.1, -0.05) is 90.4 Å². The van der Waals surface area contributed by atoms with Crippen LogP contribution in [0.1, 0.15) is 110 Å². The van der Waals surface area contributed by atoms with E-state index in [1.807, 2.05) is 0 Å². The number of rotatable bonds is 21. The molecule has 4 nitrogen and oxygen atoms in total. The van der Waals surface area contributed by atoms with Crippen molar-refractivity contribution in [3.8, 4) is 0 Å². The minimum Gasteiger partial charge on any atom is -0.371 e. The Labute approximate surface area is 166 Å². The molecule has 0 aromatic rings. The van der Waals surface area contributed by atoms with Gasteiger partial charge in [0, 0.05) is 19.4 Å². The monoisotopic (exact) mass is 382 g/mol. The van der Waals surface area contributed by atoms with E-state index in [2.05, 4.69) is 6.92 Å². The molecule has 1 rings (SSSR count). The Balaban J connectivity index is 1.91. The lowest BCUT2D eigenvalue weighted by Crippen LogP contribution is -2.40. The summed E-state index contributed by atoms with van der Waals surface area (Å²) in [6.45, 7) is 3.48. The fourth-order valence-corrected chi connectivity index (χ4v) is 3.76. The van der Waals surface area contributed by atoms with Crippen LogP contribution in [-0.4, -0.2) is 37.5 Å². The molecule has 0 spiro atoms. The second-order valence-corrected chi connectivity index (χ2v) is 8.07. The van der Waals surface area contributed by atoms with Gasteiger partial charge in [-0.3, -0.25) is 0 Å². The predicted octanol–water partition coefficient (Wildman–Crippen LogP) is 5.80. The van der Waals surface area contributed by atoms with Crippen LogP contribution in [0.15, 0.2) is 0 Å². The molecule has 0 N–H and O–H groups in total. The minimum absolute atomic E-state index is 0.0838. The van der Waals surface area contributed by atoms with E-state index in [1.165, 1.54) is 77.0 Å². The maximum Gasteiger partial charge on any atom is 0.122 e. The summed E-state index contributed by atoms with van der Waals surface area (Å²) < 4.78 is 11.3. The number of ether oxygens (including phenoxy) is 2. The molecule has 1 unspecified atom stereocenters. The maximum absolute atomic E-state index is 10.9. The molecule has 1 heterocycles. The molecule has 0 aromatic heterocycles. The van der Waals surface area contributed by atoms with Crippen LogP contribution >= 0.6 is 0 Å². The van der Waals surface area contributed by atoms with Gasteiger partial charge < -0.3 is 19.1 Å². The topological polar surface area (TPSA) is 55.9 Å². The summed E-state index contributed by atoms with van der Waals surface area (Å²) in [7, 11) is 0. The van der Waals surface area contributed by atoms with E-state index in [0.717, 1.165) is 25.4 Å². The molecule has 1 aliphatic heterocycles. The van der Waals surface area contributed by atoms with Gasteiger partial charge in [-0.25, -0.2) is 0 Å². The minimum atomic E-state index is -0.708. The molecule has 0 bridgehead atoms. The van der Waals surface area contributed by atoms with Gasteiger partial charge in [0.1, 0.15) is 24.3 Å². The van der Waals surface area contributed by atoms with E-state index < -0.39 is 5.60 Å². The summed E-state index contributed by atoms with van der Waals surface area (Å²) in [6, 6.07) is 0. The molecule has 27 heavy (non-hydrogen) atoms. The first-order valence-electron chi connectivity index (χ1n) is 11.4. The van der Waals surface area contributed by atoms with Crippen molar-refractivity contribution in [2.24, 2.45) is 0 Å². The van der Waals surface area contributed by atoms with Crippen LogP contribution in [0.4, 0.5) is 0 Å². The molecular formula is C23H42O4. The molecule has 1 fully saturated rings. The summed E-state index contributed by atoms with van der Waals surface area (Å²) in [4.78, 5) is 21.9. The third-order valence-corrected chi connectivity index (χ3v) is 5.67. The van der Waals surface area contributed by atoms with Crippen molar-refractivity contribution in [2.45, 2.75) is 121 Å². The van der Waals surface area contributed by atoms with Gasteiger partial charge in [0.05, 0.1) is 6.61 Å². The highest BCUT2D eigenvalue weighted by Crippen LogP contribution is 2.33. The van der Waals surface area contributed by atoms with Gasteiger partial charge in [-0.2, -0.15) is 0 Å². The summed E-state index contributed by atoms with van der Waals surface area (Å²) >= 11 is 0. The number of unbranched alkanes of at least 4 members (excludes halogenated alkanes) is 13. The fraction of sp³-hybridized carbons (Fsp3) is 0.913. The van der Waals surface area contributed by atoms with Crippen LogP contribution < -0.4 is 0 Å². The molecule has 1 saturated heterocycles. The van der Waals surface area contributed by atoms with Crippen molar-refractivity contribution < 1.29 is 19.1 Å². The molecular weight excluding hydrogens is 340 g/mol. The van der Waals surface area contributed by atoms with E-state index in [0.29, 0.717) is 13.2 Å². The van der Waals surface area contributed by atoms with Gasteiger partial charge in [0.25, 0.3) is 0 Å². The Morgan fingerprint density at radius 3 is 1.56 bits per heavy atom. The number of carbonyl (C=O) groups is 2. The van der Waals surface area contributed by atoms with E-state index in [9.17, 15) is 9.59 Å². The van der Waals surface area contributed by atoms with E-state index >= 15 is 0 Å². The zero-order valence-electron chi connectivity index (χ0n) is 17.6. The van der Waals surface area contributed by atoms with Gasteiger partial charge in [0.15, 0.2) is 0 Å². The van der Waals surface area contributed by atoms with E-state index in [4.69, 9.17) is 9.47 Å². The zero-order chi connectivity index (χ0) is 19.6. The van der Waals surface area contributed by atoms with E-state index in [-0.39, 0.29) is 18.9 Å². The quantitative estimate of drug-likeness (QED) is 0.143. The Bertz CT molecular complexity index is 355. The van der Waals surface area contributed by atoms with Gasteiger partial charge in [-0.05, 0) is 6.42 Å². The molecule has 0 amide bonds. The Morgan fingerprint density at radius 2 is 1.19 bits per heavy atom. The molecule has 0 aromatic carbocycles. The molecule has 0 aliphatic carbocycles. The first-order valence-corrected chi connectivity index (χ1v) is 11.4. The van der Waals surface area contributed by atoms with Crippen LogP contribution in [0, 0.1) is 0 Å². The van der Waals surface area contributed by atoms with Crippen LogP contribution in [0.5, 0.6) is 0 Å². The van der Waals surface area contributed by atoms with Gasteiger partial charge >= 0.3 is 0 Å². The lowest BCUT2D eigenvalue weighted by atomic mass is 9.92. The number of hydrogen-bond donors (Lipinski definition) is 0. The second-order valence-electron chi connectivity index (χ2n) is 8.07. The first kappa shape index (κ1) is 24.3. The van der Waals surface area contributed by atoms with Crippen molar-refractivity contribution in [2.75, 3.05) is 13.2 Å². The smallest absolute Gasteiger partial charge is 0.122 e. The fourth-order valence-electron chi connectivity index (χ4n) is 3.76. The third kappa shape index (κ3) is 11.6. The van der Waals surface area contributed by atoms with Crippen LogP contribution in [0.3, 0.4) is 0 Å². The molecule has 4 heteroatoms. The van der Waals surface area contributed by atoms with Gasteiger partial charge in [0.2, 0.25) is 0 Å². The summed E-state index contributed by atoms with van der Waals surface area (Å²) in [5, 5.41) is 0. The largest absolute Gasteiger partial charge is 0.371 e. The highest BCUT2D eigenvalue weighted by atomic mass is 16.6. The number of carbonyl (C=O) groups excluding carboxylic acids is 2. The van der Waals surface area contributed by atoms with Crippen molar-refractivity contribution in [1.29, 1.82) is 0 Å². The Kier molecular flexibility index (Phi) is 14.6. The third-order valence-electron chi connectivity index (χ3n) is 5.67. The molecule has 1 atom stereocenters. The average molecular weight is 383 g/mol. The average Bonchev–Trinajstić information content (AvgIpc) is 3.51. The summed E-state index contributed by atoms with van der Waals surface area (Å²) in [6.07, 6.45) is 20.7. The SMILES string of the molecule is CCCCCCCCCCCCCCCCOC(CC=O)(CC=O)C1CO1. The van der Waals surface area contributed by atoms with Crippen LogP contribution in [-0.2, 0) is 19.1 Å². The normalized spacial score (nSPS) is 16.4. The second kappa shape index (κ2) is 16.2. The zero-order valence-corrected chi connectivity index (χ0v) is 17.6. The Morgan fingerprint density at radius 1 is 0.778 bits per heavy atom. The number of aldehydes is 2. The van der Waals surface area contributed by atoms with Crippen molar-refractivity contribution in [3.05, 3.63) is 0 Å². The van der Waals surface area contributed by atoms with E-state index in [1.54, 1.807) is 0 Å². The van der Waals surface area contributed by atoms with Gasteiger partial charge in [-0.15, -0.1) is 0 Å². The summed E-state index contributed by atoms with van der Waals surface area (Å²) in [5.41, 5.74) is -0.708. The van der Waals surface area contributed by atoms with Crippen molar-refractivity contribution in [3.63, 3.8) is 0 Å². The Hall–Kier alpha value is -0.740. The number of epoxide rings is 1. The summed E-state index contributed by atoms with van der Waals surface area (Å²) in [5.74, 6) is 0.